The van der Waals surface area contributed by atoms with E-state index in [4.69, 9.17) is 15.7 Å². The Morgan fingerprint density at radius 3 is 2.37 bits per heavy atom. The minimum absolute atomic E-state index is 0.0480. The number of amides is 2. The highest BCUT2D eigenvalue weighted by molar-refractivity contribution is 6.07. The quantitative estimate of drug-likeness (QED) is 0.174. The third kappa shape index (κ3) is 4.81. The second-order valence-electron chi connectivity index (χ2n) is 6.40. The molecule has 4 N–H and O–H groups in total. The van der Waals surface area contributed by atoms with Gasteiger partial charge in [0.1, 0.15) is 5.69 Å². The summed E-state index contributed by atoms with van der Waals surface area (Å²) < 4.78 is 5.94. The first-order chi connectivity index (χ1) is 14.3. The summed E-state index contributed by atoms with van der Waals surface area (Å²) in [6, 6.07) is 8.15. The van der Waals surface area contributed by atoms with E-state index < -0.39 is 28.4 Å². The standard InChI is InChI=1S/C19H22N4O7/c1-30-19(26)17-15(23(28)29)14(12-8-4-2-5-9-12)16(18(20)25)22(17)11-7-3-6-10-13(24)21-27/h2,4-5,8-9,27H,3,6-7,10-11H2,1H3,(H2,20,25)(H,21,24). The van der Waals surface area contributed by atoms with E-state index in [-0.39, 0.29) is 29.9 Å². The molecule has 0 aliphatic heterocycles. The number of nitrogens with two attached hydrogens (primary N) is 1. The number of methoxy groups -OCH3 is 1. The van der Waals surface area contributed by atoms with E-state index in [0.717, 1.165) is 7.11 Å². The van der Waals surface area contributed by atoms with Crippen molar-refractivity contribution in [2.75, 3.05) is 7.11 Å². The monoisotopic (exact) mass is 418 g/mol. The zero-order chi connectivity index (χ0) is 22.3. The van der Waals surface area contributed by atoms with E-state index in [0.29, 0.717) is 24.8 Å². The number of carbonyl (C=O) groups excluding carboxylic acids is 3. The second-order valence-corrected chi connectivity index (χ2v) is 6.40. The number of aromatic nitrogens is 1. The minimum atomic E-state index is -0.967. The molecule has 0 bridgehead atoms. The van der Waals surface area contributed by atoms with Gasteiger partial charge in [-0.05, 0) is 18.4 Å². The van der Waals surface area contributed by atoms with Crippen LogP contribution < -0.4 is 11.2 Å². The normalized spacial score (nSPS) is 10.5. The molecule has 2 aromatic rings. The Bertz CT molecular complexity index is 954. The summed E-state index contributed by atoms with van der Waals surface area (Å²) in [5.74, 6) is -2.43. The Kier molecular flexibility index (Phi) is 7.64. The molecule has 2 rings (SSSR count). The maximum absolute atomic E-state index is 12.4. The van der Waals surface area contributed by atoms with Gasteiger partial charge in [-0.1, -0.05) is 36.8 Å². The Labute approximate surface area is 171 Å². The van der Waals surface area contributed by atoms with Crippen LogP contribution in [0.1, 0.15) is 46.7 Å². The predicted octanol–water partition coefficient (Wildman–Crippen LogP) is 2.01. The number of nitro groups is 1. The topological polar surface area (TPSA) is 167 Å². The van der Waals surface area contributed by atoms with Gasteiger partial charge in [0.05, 0.1) is 17.6 Å². The number of esters is 1. The van der Waals surface area contributed by atoms with Crippen LogP contribution in [-0.2, 0) is 16.1 Å². The molecule has 11 heteroatoms. The molecule has 30 heavy (non-hydrogen) atoms. The molecule has 0 aliphatic rings. The van der Waals surface area contributed by atoms with E-state index >= 15 is 0 Å². The number of unbranched alkanes of at least 4 members (excludes halogenated alkanes) is 2. The summed E-state index contributed by atoms with van der Waals surface area (Å²) in [6.45, 7) is 0.0666. The first kappa shape index (κ1) is 22.6. The number of nitrogens with zero attached hydrogens (tertiary/aromatic N) is 2. The number of hydrogen-bond donors (Lipinski definition) is 3. The fourth-order valence-corrected chi connectivity index (χ4v) is 3.23. The number of ether oxygens (including phenoxy) is 1. The van der Waals surface area contributed by atoms with Crippen molar-refractivity contribution in [3.05, 3.63) is 51.8 Å². The average Bonchev–Trinajstić information content (AvgIpc) is 3.09. The highest BCUT2D eigenvalue weighted by Crippen LogP contribution is 2.39. The summed E-state index contributed by atoms with van der Waals surface area (Å²) in [4.78, 5) is 46.9. The van der Waals surface area contributed by atoms with Crippen molar-refractivity contribution in [3.8, 4) is 11.1 Å². The SMILES string of the molecule is COC(=O)c1c([N+](=O)[O-])c(-c2ccccc2)c(C(N)=O)n1CCCCCC(=O)NO. The Balaban J connectivity index is 2.55. The number of hydroxylamine groups is 1. The summed E-state index contributed by atoms with van der Waals surface area (Å²) in [6.07, 6.45) is 1.41. The lowest BCUT2D eigenvalue weighted by Crippen LogP contribution is -2.21. The fourth-order valence-electron chi connectivity index (χ4n) is 3.23. The molecule has 0 aliphatic carbocycles. The summed E-state index contributed by atoms with van der Waals surface area (Å²) in [7, 11) is 1.09. The minimum Gasteiger partial charge on any atom is -0.464 e. The molecule has 11 nitrogen and oxygen atoms in total. The molecule has 1 heterocycles. The number of nitrogens with one attached hydrogen (secondary N) is 1. The van der Waals surface area contributed by atoms with Crippen molar-refractivity contribution in [3.63, 3.8) is 0 Å². The number of rotatable bonds is 10. The largest absolute Gasteiger partial charge is 0.464 e. The van der Waals surface area contributed by atoms with E-state index in [2.05, 4.69) is 0 Å². The average molecular weight is 418 g/mol. The van der Waals surface area contributed by atoms with Gasteiger partial charge in [-0.15, -0.1) is 0 Å². The Morgan fingerprint density at radius 2 is 1.83 bits per heavy atom. The van der Waals surface area contributed by atoms with Crippen LogP contribution >= 0.6 is 0 Å². The molecule has 0 fully saturated rings. The fraction of sp³-hybridized carbons (Fsp3) is 0.316. The van der Waals surface area contributed by atoms with Gasteiger partial charge in [-0.3, -0.25) is 24.9 Å². The number of carbonyl (C=O) groups is 3. The van der Waals surface area contributed by atoms with Gasteiger partial charge < -0.3 is 15.0 Å². The van der Waals surface area contributed by atoms with Crippen LogP contribution in [-0.4, -0.2) is 39.6 Å². The van der Waals surface area contributed by atoms with Crippen LogP contribution in [0.3, 0.4) is 0 Å². The molecule has 0 spiro atoms. The molecule has 1 aromatic carbocycles. The first-order valence-corrected chi connectivity index (χ1v) is 9.10. The molecule has 2 amide bonds. The Morgan fingerprint density at radius 1 is 1.17 bits per heavy atom. The maximum Gasteiger partial charge on any atom is 0.361 e. The number of benzene rings is 1. The lowest BCUT2D eigenvalue weighted by molar-refractivity contribution is -0.384. The van der Waals surface area contributed by atoms with Crippen LogP contribution in [0.4, 0.5) is 5.69 Å². The summed E-state index contributed by atoms with van der Waals surface area (Å²) in [5, 5.41) is 20.4. The van der Waals surface area contributed by atoms with Gasteiger partial charge in [0.15, 0.2) is 0 Å². The van der Waals surface area contributed by atoms with Crippen molar-refractivity contribution >= 4 is 23.5 Å². The molecule has 1 aromatic heterocycles. The lowest BCUT2D eigenvalue weighted by atomic mass is 10.0. The molecule has 0 saturated carbocycles. The zero-order valence-corrected chi connectivity index (χ0v) is 16.3. The molecule has 160 valence electrons. The van der Waals surface area contributed by atoms with Gasteiger partial charge >= 0.3 is 11.7 Å². The third-order valence-corrected chi connectivity index (χ3v) is 4.51. The molecular formula is C19H22N4O7. The third-order valence-electron chi connectivity index (χ3n) is 4.51. The number of hydrogen-bond acceptors (Lipinski definition) is 7. The zero-order valence-electron chi connectivity index (χ0n) is 16.3. The van der Waals surface area contributed by atoms with Crippen molar-refractivity contribution in [2.45, 2.75) is 32.2 Å². The smallest absolute Gasteiger partial charge is 0.361 e. The molecular weight excluding hydrogens is 396 g/mol. The van der Waals surface area contributed by atoms with Crippen LogP contribution in [0, 0.1) is 10.1 Å². The Hall–Kier alpha value is -3.73. The van der Waals surface area contributed by atoms with Crippen molar-refractivity contribution < 1.29 is 29.3 Å². The van der Waals surface area contributed by atoms with Crippen LogP contribution in [0.2, 0.25) is 0 Å². The second kappa shape index (κ2) is 10.2. The van der Waals surface area contributed by atoms with Crippen molar-refractivity contribution in [2.24, 2.45) is 5.73 Å². The highest BCUT2D eigenvalue weighted by atomic mass is 16.6. The van der Waals surface area contributed by atoms with E-state index in [1.54, 1.807) is 30.3 Å². The van der Waals surface area contributed by atoms with E-state index in [1.165, 1.54) is 10.0 Å². The number of primary amides is 1. The van der Waals surface area contributed by atoms with Crippen LogP contribution in [0.5, 0.6) is 0 Å². The molecule has 0 saturated heterocycles. The summed E-state index contributed by atoms with van der Waals surface area (Å²) >= 11 is 0. The maximum atomic E-state index is 12.4. The van der Waals surface area contributed by atoms with Gasteiger partial charge in [-0.25, -0.2) is 10.3 Å². The van der Waals surface area contributed by atoms with Gasteiger partial charge in [-0.2, -0.15) is 0 Å². The van der Waals surface area contributed by atoms with E-state index in [9.17, 15) is 24.5 Å². The molecule has 0 atom stereocenters. The highest BCUT2D eigenvalue weighted by Gasteiger charge is 2.37. The van der Waals surface area contributed by atoms with Gasteiger partial charge in [0.2, 0.25) is 11.6 Å². The van der Waals surface area contributed by atoms with E-state index in [1.807, 2.05) is 0 Å². The van der Waals surface area contributed by atoms with Crippen molar-refractivity contribution in [1.29, 1.82) is 0 Å². The predicted molar refractivity (Wildman–Crippen MR) is 105 cm³/mol. The van der Waals surface area contributed by atoms with Gasteiger partial charge in [0, 0.05) is 13.0 Å². The summed E-state index contributed by atoms with van der Waals surface area (Å²) in [5.41, 5.74) is 6.30. The molecule has 0 unspecified atom stereocenters. The van der Waals surface area contributed by atoms with Crippen LogP contribution in [0.15, 0.2) is 30.3 Å². The first-order valence-electron chi connectivity index (χ1n) is 9.10. The van der Waals surface area contributed by atoms with Gasteiger partial charge in [0.25, 0.3) is 5.91 Å². The lowest BCUT2D eigenvalue weighted by Gasteiger charge is -2.10. The van der Waals surface area contributed by atoms with Crippen molar-refractivity contribution in [1.82, 2.24) is 10.0 Å². The molecule has 0 radical (unpaired) electrons. The van der Waals surface area contributed by atoms with Crippen LogP contribution in [0.25, 0.3) is 11.1 Å².